The molecule has 0 aromatic heterocycles. The summed E-state index contributed by atoms with van der Waals surface area (Å²) in [4.78, 5) is 12.1. The lowest BCUT2D eigenvalue weighted by Crippen LogP contribution is -2.33. The Morgan fingerprint density at radius 3 is 2.04 bits per heavy atom. The Morgan fingerprint density at radius 2 is 1.54 bits per heavy atom. The van der Waals surface area contributed by atoms with Gasteiger partial charge in [-0.2, -0.15) is 0 Å². The van der Waals surface area contributed by atoms with Crippen molar-refractivity contribution in [2.75, 3.05) is 11.9 Å². The molecule has 0 saturated carbocycles. The van der Waals surface area contributed by atoms with Crippen molar-refractivity contribution in [3.63, 3.8) is 0 Å². The molecule has 0 radical (unpaired) electrons. The Kier molecular flexibility index (Phi) is 6.21. The summed E-state index contributed by atoms with van der Waals surface area (Å²) < 4.78 is 27.0. The van der Waals surface area contributed by atoms with Crippen molar-refractivity contribution < 1.29 is 13.2 Å². The molecule has 0 unspecified atom stereocenters. The molecule has 140 valence electrons. The minimum atomic E-state index is -3.73. The van der Waals surface area contributed by atoms with Crippen molar-refractivity contribution in [1.82, 2.24) is 4.72 Å². The molecule has 0 heterocycles. The van der Waals surface area contributed by atoms with Crippen molar-refractivity contribution in [2.24, 2.45) is 0 Å². The van der Waals surface area contributed by atoms with Gasteiger partial charge in [0.2, 0.25) is 15.9 Å². The summed E-state index contributed by atoms with van der Waals surface area (Å²) in [5, 5.41) is 2.68. The number of amides is 1. The largest absolute Gasteiger partial charge is 0.325 e. The number of carbonyl (C=O) groups is 1. The molecule has 2 aromatic rings. The third kappa shape index (κ3) is 5.41. The summed E-state index contributed by atoms with van der Waals surface area (Å²) in [7, 11) is -3.73. The number of hydrogen-bond donors (Lipinski definition) is 2. The number of anilines is 1. The Bertz CT molecular complexity index is 849. The van der Waals surface area contributed by atoms with Crippen molar-refractivity contribution in [3.05, 3.63) is 59.7 Å². The number of carbonyl (C=O) groups excluding carboxylic acids is 1. The summed E-state index contributed by atoms with van der Waals surface area (Å²) in [6.07, 6.45) is 0.919. The van der Waals surface area contributed by atoms with Gasteiger partial charge in [0.25, 0.3) is 0 Å². The van der Waals surface area contributed by atoms with Gasteiger partial charge >= 0.3 is 0 Å². The molecule has 26 heavy (non-hydrogen) atoms. The molecule has 0 aliphatic rings. The first kappa shape index (κ1) is 20.1. The van der Waals surface area contributed by atoms with Crippen LogP contribution in [0.5, 0.6) is 0 Å². The van der Waals surface area contributed by atoms with Gasteiger partial charge < -0.3 is 5.32 Å². The number of aryl methyl sites for hydroxylation is 1. The fourth-order valence-corrected chi connectivity index (χ4v) is 3.39. The number of rotatable bonds is 6. The first-order valence-electron chi connectivity index (χ1n) is 8.61. The Hall–Kier alpha value is -2.18. The molecule has 0 fully saturated rings. The van der Waals surface area contributed by atoms with E-state index in [9.17, 15) is 13.2 Å². The minimum absolute atomic E-state index is 0.0526. The highest BCUT2D eigenvalue weighted by Gasteiger charge is 2.18. The van der Waals surface area contributed by atoms with E-state index >= 15 is 0 Å². The van der Waals surface area contributed by atoms with Gasteiger partial charge in [0.05, 0.1) is 11.4 Å². The summed E-state index contributed by atoms with van der Waals surface area (Å²) in [5.74, 6) is -0.413. The first-order valence-corrected chi connectivity index (χ1v) is 10.1. The van der Waals surface area contributed by atoms with E-state index in [2.05, 4.69) is 37.7 Å². The number of sulfonamides is 1. The number of hydrogen-bond acceptors (Lipinski definition) is 3. The normalized spacial score (nSPS) is 12.0. The minimum Gasteiger partial charge on any atom is -0.325 e. The summed E-state index contributed by atoms with van der Waals surface area (Å²) in [6.45, 7) is 7.92. The standard InChI is InChI=1S/C20H26N2O3S/c1-5-15-6-10-17(11-7-15)22-19(23)14-21-26(24,25)18-12-8-16(9-13-18)20(2,3)4/h6-13,21H,5,14H2,1-4H3,(H,22,23). The van der Waals surface area contributed by atoms with E-state index in [0.29, 0.717) is 5.69 Å². The van der Waals surface area contributed by atoms with E-state index in [4.69, 9.17) is 0 Å². The quantitative estimate of drug-likeness (QED) is 0.813. The van der Waals surface area contributed by atoms with E-state index in [-0.39, 0.29) is 16.9 Å². The van der Waals surface area contributed by atoms with E-state index in [1.807, 2.05) is 12.1 Å². The SMILES string of the molecule is CCc1ccc(NC(=O)CNS(=O)(=O)c2ccc(C(C)(C)C)cc2)cc1. The molecular formula is C20H26N2O3S. The van der Waals surface area contributed by atoms with Gasteiger partial charge in [0, 0.05) is 5.69 Å². The highest BCUT2D eigenvalue weighted by Crippen LogP contribution is 2.23. The molecule has 0 aliphatic carbocycles. The fraction of sp³-hybridized carbons (Fsp3) is 0.350. The van der Waals surface area contributed by atoms with Crippen LogP contribution in [0.3, 0.4) is 0 Å². The van der Waals surface area contributed by atoms with Gasteiger partial charge in [-0.15, -0.1) is 0 Å². The zero-order chi connectivity index (χ0) is 19.4. The van der Waals surface area contributed by atoms with Gasteiger partial charge in [-0.25, -0.2) is 13.1 Å². The first-order chi connectivity index (χ1) is 12.1. The molecule has 2 N–H and O–H groups in total. The van der Waals surface area contributed by atoms with Crippen LogP contribution in [0.2, 0.25) is 0 Å². The maximum absolute atomic E-state index is 12.3. The fourth-order valence-electron chi connectivity index (χ4n) is 2.41. The molecule has 0 bridgehead atoms. The van der Waals surface area contributed by atoms with E-state index < -0.39 is 15.9 Å². The molecule has 6 heteroatoms. The Labute approximate surface area is 155 Å². The van der Waals surface area contributed by atoms with Gasteiger partial charge in [0.1, 0.15) is 0 Å². The summed E-state index contributed by atoms with van der Waals surface area (Å²) >= 11 is 0. The topological polar surface area (TPSA) is 75.3 Å². The average Bonchev–Trinajstić information content (AvgIpc) is 2.60. The van der Waals surface area contributed by atoms with Crippen LogP contribution in [-0.4, -0.2) is 20.9 Å². The molecule has 2 aromatic carbocycles. The zero-order valence-electron chi connectivity index (χ0n) is 15.7. The van der Waals surface area contributed by atoms with Gasteiger partial charge in [0.15, 0.2) is 0 Å². The van der Waals surface area contributed by atoms with Crippen LogP contribution in [0.1, 0.15) is 38.8 Å². The summed E-state index contributed by atoms with van der Waals surface area (Å²) in [5.41, 5.74) is 2.80. The van der Waals surface area contributed by atoms with E-state index in [1.54, 1.807) is 36.4 Å². The predicted molar refractivity (Wildman–Crippen MR) is 105 cm³/mol. The van der Waals surface area contributed by atoms with Crippen LogP contribution in [0.4, 0.5) is 5.69 Å². The molecule has 0 atom stereocenters. The van der Waals surface area contributed by atoms with Gasteiger partial charge in [-0.1, -0.05) is 52.0 Å². The van der Waals surface area contributed by atoms with Gasteiger partial charge in [-0.3, -0.25) is 4.79 Å². The lowest BCUT2D eigenvalue weighted by molar-refractivity contribution is -0.115. The molecular weight excluding hydrogens is 348 g/mol. The number of benzene rings is 2. The van der Waals surface area contributed by atoms with Crippen molar-refractivity contribution >= 4 is 21.6 Å². The highest BCUT2D eigenvalue weighted by atomic mass is 32.2. The number of nitrogens with one attached hydrogen (secondary N) is 2. The van der Waals surface area contributed by atoms with Crippen molar-refractivity contribution in [3.8, 4) is 0 Å². The van der Waals surface area contributed by atoms with Crippen LogP contribution in [0.15, 0.2) is 53.4 Å². The van der Waals surface area contributed by atoms with Crippen molar-refractivity contribution in [1.29, 1.82) is 0 Å². The zero-order valence-corrected chi connectivity index (χ0v) is 16.5. The average molecular weight is 375 g/mol. The van der Waals surface area contributed by atoms with Crippen LogP contribution < -0.4 is 10.0 Å². The molecule has 1 amide bonds. The van der Waals surface area contributed by atoms with Crippen LogP contribution in [-0.2, 0) is 26.7 Å². The lowest BCUT2D eigenvalue weighted by atomic mass is 9.87. The second-order valence-electron chi connectivity index (χ2n) is 7.20. The smallest absolute Gasteiger partial charge is 0.241 e. The van der Waals surface area contributed by atoms with Crippen LogP contribution in [0.25, 0.3) is 0 Å². The van der Waals surface area contributed by atoms with E-state index in [1.165, 1.54) is 5.56 Å². The summed E-state index contributed by atoms with van der Waals surface area (Å²) in [6, 6.07) is 14.2. The van der Waals surface area contributed by atoms with E-state index in [0.717, 1.165) is 12.0 Å². The maximum atomic E-state index is 12.3. The van der Waals surface area contributed by atoms with Crippen molar-refractivity contribution in [2.45, 2.75) is 44.4 Å². The molecule has 5 nitrogen and oxygen atoms in total. The maximum Gasteiger partial charge on any atom is 0.241 e. The molecule has 0 aliphatic heterocycles. The molecule has 2 rings (SSSR count). The second kappa shape index (κ2) is 8.01. The molecule has 0 saturated heterocycles. The van der Waals surface area contributed by atoms with Crippen LogP contribution >= 0.6 is 0 Å². The van der Waals surface area contributed by atoms with Gasteiger partial charge in [-0.05, 0) is 47.2 Å². The predicted octanol–water partition coefficient (Wildman–Crippen LogP) is 3.46. The lowest BCUT2D eigenvalue weighted by Gasteiger charge is -2.19. The molecule has 0 spiro atoms. The highest BCUT2D eigenvalue weighted by molar-refractivity contribution is 7.89. The Balaban J connectivity index is 1.97. The second-order valence-corrected chi connectivity index (χ2v) is 8.96. The third-order valence-corrected chi connectivity index (χ3v) is 5.52. The third-order valence-electron chi connectivity index (χ3n) is 4.10. The van der Waals surface area contributed by atoms with Crippen LogP contribution in [0, 0.1) is 0 Å². The monoisotopic (exact) mass is 374 g/mol. The Morgan fingerprint density at radius 1 is 0.962 bits per heavy atom.